The molecule has 24 N–H and O–H groups in total. The number of fused-ring (bicyclic) bond motifs is 5. The van der Waals surface area contributed by atoms with E-state index in [0.717, 1.165) is 0 Å². The summed E-state index contributed by atoms with van der Waals surface area (Å²) in [7, 11) is 1.29. The number of amides is 13. The van der Waals surface area contributed by atoms with Crippen LogP contribution in [0.15, 0.2) is 109 Å². The van der Waals surface area contributed by atoms with E-state index in [1.807, 2.05) is 0 Å². The topological polar surface area (TPSA) is 700 Å². The summed E-state index contributed by atoms with van der Waals surface area (Å²) < 4.78 is 17.8. The van der Waals surface area contributed by atoms with Crippen LogP contribution in [-0.4, -0.2) is 285 Å². The maximum atomic E-state index is 15.4. The van der Waals surface area contributed by atoms with Crippen molar-refractivity contribution >= 4 is 122 Å². The van der Waals surface area contributed by atoms with Crippen LogP contribution < -0.4 is 74.7 Å². The summed E-state index contributed by atoms with van der Waals surface area (Å²) in [5.41, 5.74) is 10.3. The Labute approximate surface area is 793 Å². The number of aromatic hydroxyl groups is 2. The Morgan fingerprint density at radius 3 is 1.76 bits per heavy atom. The maximum absolute atomic E-state index is 15.4. The number of phenolic OH excluding ortho intramolecular Hbond substituents is 2. The van der Waals surface area contributed by atoms with Gasteiger partial charge in [-0.1, -0.05) is 53.7 Å². The molecular weight excluding hydrogens is 1810 g/mol. The fraction of sp³-hybridized carbons (Fsp3) is 0.452. The molecule has 0 saturated carbocycles. The molecule has 8 aromatic rings. The number of ether oxygens (including phenoxy) is 3. The number of hydrogen-bond acceptors (Lipinski definition) is 28. The van der Waals surface area contributed by atoms with Crippen LogP contribution >= 0.6 is 0 Å². The number of nitrogens with one attached hydrogen (secondary N) is 15. The van der Waals surface area contributed by atoms with Crippen LogP contribution in [0.2, 0.25) is 0 Å². The van der Waals surface area contributed by atoms with Gasteiger partial charge in [-0.25, -0.2) is 9.97 Å². The van der Waals surface area contributed by atoms with Crippen LogP contribution in [0.1, 0.15) is 176 Å². The van der Waals surface area contributed by atoms with Crippen LogP contribution in [0.5, 0.6) is 17.2 Å². The molecule has 13 rings (SSSR count). The zero-order valence-corrected chi connectivity index (χ0v) is 76.5. The van der Waals surface area contributed by atoms with Crippen LogP contribution in [0.25, 0.3) is 21.8 Å². The Kier molecular flexibility index (Phi) is 33.4. The van der Waals surface area contributed by atoms with Gasteiger partial charge in [0.05, 0.1) is 73.4 Å². The van der Waals surface area contributed by atoms with Crippen molar-refractivity contribution in [3.8, 4) is 17.2 Å². The number of carbonyl (C=O) groups is 16. The first-order valence-corrected chi connectivity index (χ1v) is 45.6. The lowest BCUT2D eigenvalue weighted by Gasteiger charge is -2.42. The molecule has 46 heteroatoms. The summed E-state index contributed by atoms with van der Waals surface area (Å²) >= 11 is 0. The molecular formula is C93H113N21O25. The number of primary amides is 1. The molecule has 4 aromatic heterocycles. The first-order valence-electron chi connectivity index (χ1n) is 45.6. The molecule has 3 fully saturated rings. The monoisotopic (exact) mass is 1920 g/mol. The molecule has 740 valence electrons. The minimum Gasteiger partial charge on any atom is -0.507 e. The number of para-hydroxylation sites is 2. The number of hydrogen-bond donors (Lipinski definition) is 22. The van der Waals surface area contributed by atoms with Gasteiger partial charge in [0.25, 0.3) is 5.91 Å². The van der Waals surface area contributed by atoms with E-state index >= 15 is 28.8 Å². The number of carboxylic acid groups (broad SMARTS) is 1. The largest absolute Gasteiger partial charge is 0.507 e. The minimum absolute atomic E-state index is 0.0193. The zero-order chi connectivity index (χ0) is 99.6. The third-order valence-electron chi connectivity index (χ3n) is 25.3. The number of aromatic amines is 4. The molecule has 4 aromatic carbocycles. The molecule has 15 atom stereocenters. The second-order valence-corrected chi connectivity index (χ2v) is 35.1. The fourth-order valence-corrected chi connectivity index (χ4v) is 18.0. The lowest BCUT2D eigenvalue weighted by atomic mass is 9.72. The van der Waals surface area contributed by atoms with E-state index in [-0.39, 0.29) is 161 Å². The smallest absolute Gasteiger partial charge is 0.305 e. The average molecular weight is 1930 g/mol. The Morgan fingerprint density at radius 2 is 1.19 bits per heavy atom. The molecule has 0 radical (unpaired) electrons. The molecule has 13 amide bonds. The highest BCUT2D eigenvalue weighted by Crippen LogP contribution is 2.53. The number of methoxy groups -OCH3 is 1. The van der Waals surface area contributed by atoms with E-state index in [2.05, 4.69) is 93.5 Å². The van der Waals surface area contributed by atoms with E-state index in [1.54, 1.807) is 67.8 Å². The van der Waals surface area contributed by atoms with Crippen molar-refractivity contribution in [3.05, 3.63) is 160 Å². The number of nitrogens with two attached hydrogens (primary N) is 2. The lowest BCUT2D eigenvalue weighted by molar-refractivity contribution is -0.245. The van der Waals surface area contributed by atoms with E-state index in [0.29, 0.717) is 38.6 Å². The average Bonchev–Trinajstić information content (AvgIpc) is 1.30. The van der Waals surface area contributed by atoms with Crippen molar-refractivity contribution in [1.82, 2.24) is 93.3 Å². The standard InChI is InChI=1S/C93H113N21O25/c1-45-79(121)56(94)33-74(138-45)139-69-36-93(135,35-55-76(69)83(125)78-77(81(55)123)80(122)54-17-13-23-68(136-4)75(54)82(78)124)46(2)113-137-42-72(118)99-27-12-10-21-61(92(134)114-28-14-22-67(114)91(133)102-41-70(95)116)107-87(129)63(30-49-38-101-58-19-8-6-16-53(49)58)109-90(132)66(34-73(119)120)112-89(131)65(32-51-40-97-44-104-51)110-84(126)59(20-9-11-26-98-47(3)115)106-86(128)62(29-48-37-100-57-18-7-5-15-52(48)57)108-88(130)64(31-50-39-96-43-103-50)111-85(127)60-24-25-71(117)105-60/h5-8,13,15-19,23,37-40,43-45,56,59-67,69,74,79,100-101,121,123,125,135H,9-12,14,20-22,24-36,41-42,94H2,1-4H3,(H2,95,116)(H,96,103)(H,97,104)(H,98,115)(H,99,118)(H,102,133)(H,105,117)(H,106,128)(H,107,129)(H,108,130)(H,109,132)(H,110,126)(H,111,127)(H,112,131)(H,119,120)/t45-,56-,59-,60-,61-,62-,63-,64-,65-,66-,67-,69-,74-,79+,93-/m0/s1. The summed E-state index contributed by atoms with van der Waals surface area (Å²) in [5.74, 6) is -15.7. The Balaban J connectivity index is 0.716. The van der Waals surface area contributed by atoms with E-state index in [1.165, 1.54) is 69.1 Å². The third-order valence-corrected chi connectivity index (χ3v) is 25.3. The van der Waals surface area contributed by atoms with Crippen molar-refractivity contribution in [1.29, 1.82) is 0 Å². The number of phenols is 2. The molecule has 5 aliphatic rings. The van der Waals surface area contributed by atoms with Gasteiger partial charge < -0.3 is 139 Å². The number of aliphatic hydroxyl groups is 2. The molecule has 0 unspecified atom stereocenters. The highest BCUT2D eigenvalue weighted by atomic mass is 16.7. The summed E-state index contributed by atoms with van der Waals surface area (Å²) in [6.07, 6.45) is 1.13. The number of aliphatic carboxylic acids is 1. The number of benzene rings is 4. The van der Waals surface area contributed by atoms with Crippen molar-refractivity contribution in [2.45, 2.75) is 227 Å². The molecule has 0 bridgehead atoms. The normalized spacial score (nSPS) is 20.3. The van der Waals surface area contributed by atoms with Crippen LogP contribution in [-0.2, 0) is 114 Å². The number of carbonyl (C=O) groups excluding carboxylic acids is 15. The highest BCUT2D eigenvalue weighted by Gasteiger charge is 2.51. The van der Waals surface area contributed by atoms with Gasteiger partial charge in [-0.05, 0) is 101 Å². The number of nitrogens with zero attached hydrogens (tertiary/aromatic N) is 4. The van der Waals surface area contributed by atoms with E-state index in [4.69, 9.17) is 30.5 Å². The SMILES string of the molecule is COc1cccc2c1C(=O)c1c(O)c3c(c(O)c1C2=O)C[C@@](O)(C(C)=NOCC(=O)NCCCC[C@H](NC(=O)[C@H](Cc1c[nH]c2ccccc12)NC(=O)[C@H](CC(=O)O)NC(=O)[C@H](Cc1cnc[nH]1)NC(=O)[C@H](CCCCNC(C)=O)NC(=O)[C@H](Cc1c[nH]c2ccccc12)NC(=O)[C@H](Cc1cnc[nH]1)NC(=O)[C@@H]1CCC(=O)N1)C(=O)N1CCC[C@H]1C(=O)NCC(N)=O)C[C@@H]3O[C@H]1C[C@H](N)[C@H](O)[C@H](C)O1. The highest BCUT2D eigenvalue weighted by molar-refractivity contribution is 6.31. The summed E-state index contributed by atoms with van der Waals surface area (Å²) in [4.78, 5) is 252. The summed E-state index contributed by atoms with van der Waals surface area (Å²) in [6.45, 7) is 2.83. The number of aromatic nitrogens is 6. The van der Waals surface area contributed by atoms with E-state index in [9.17, 15) is 73.5 Å². The number of H-pyrrole nitrogens is 4. The van der Waals surface area contributed by atoms with E-state index < -0.39 is 235 Å². The molecule has 3 aliphatic heterocycles. The van der Waals surface area contributed by atoms with Gasteiger partial charge in [0.15, 0.2) is 18.7 Å². The molecule has 7 heterocycles. The number of carboxylic acids is 1. The Morgan fingerprint density at radius 1 is 0.640 bits per heavy atom. The maximum Gasteiger partial charge on any atom is 0.305 e. The number of rotatable bonds is 45. The number of unbranched alkanes of at least 4 members (excludes halogenated alkanes) is 2. The Hall–Kier alpha value is -15.0. The zero-order valence-electron chi connectivity index (χ0n) is 76.5. The number of ketones is 2. The summed E-state index contributed by atoms with van der Waals surface area (Å²) in [6, 6.07) is 3.61. The van der Waals surface area contributed by atoms with Crippen molar-refractivity contribution in [3.63, 3.8) is 0 Å². The molecule has 46 nitrogen and oxygen atoms in total. The second kappa shape index (κ2) is 45.7. The van der Waals surface area contributed by atoms with Crippen molar-refractivity contribution in [2.75, 3.05) is 39.9 Å². The van der Waals surface area contributed by atoms with Gasteiger partial charge in [-0.3, -0.25) is 76.7 Å². The second-order valence-electron chi connectivity index (χ2n) is 35.1. The van der Waals surface area contributed by atoms with Crippen LogP contribution in [0, 0.1) is 0 Å². The van der Waals surface area contributed by atoms with Crippen molar-refractivity contribution in [2.24, 2.45) is 16.6 Å². The van der Waals surface area contributed by atoms with Gasteiger partial charge >= 0.3 is 5.97 Å². The molecule has 3 saturated heterocycles. The molecule has 2 aliphatic carbocycles. The number of oxime groups is 1. The van der Waals surface area contributed by atoms with Gasteiger partial charge in [-0.2, -0.15) is 0 Å². The van der Waals surface area contributed by atoms with Gasteiger partial charge in [0.1, 0.15) is 77.2 Å². The van der Waals surface area contributed by atoms with Gasteiger partial charge in [0.2, 0.25) is 76.7 Å². The molecule has 139 heavy (non-hydrogen) atoms. The Bertz CT molecular complexity index is 5970. The van der Waals surface area contributed by atoms with Crippen LogP contribution in [0.4, 0.5) is 0 Å². The van der Waals surface area contributed by atoms with Gasteiger partial charge in [-0.15, -0.1) is 0 Å². The van der Waals surface area contributed by atoms with Gasteiger partial charge in [0, 0.05) is 159 Å². The number of imidazole rings is 2. The predicted molar refractivity (Wildman–Crippen MR) is 491 cm³/mol. The number of likely N-dealkylation sites (tertiary alicyclic amines) is 1. The first-order chi connectivity index (χ1) is 66.5. The quantitative estimate of drug-likeness (QED) is 0.00898. The first kappa shape index (κ1) is 101. The predicted octanol–water partition coefficient (Wildman–Crippen LogP) is -1.46. The van der Waals surface area contributed by atoms with Crippen molar-refractivity contribution < 1.29 is 121 Å². The molecule has 0 spiro atoms. The number of aliphatic hydroxyl groups excluding tert-OH is 1. The lowest BCUT2D eigenvalue weighted by Crippen LogP contribution is -2.61. The third kappa shape index (κ3) is 24.9. The summed E-state index contributed by atoms with van der Waals surface area (Å²) in [5, 5.41) is 92.5. The fourth-order valence-electron chi connectivity index (χ4n) is 18.0. The minimum atomic E-state index is -2.16. The van der Waals surface area contributed by atoms with Crippen LogP contribution in [0.3, 0.4) is 0 Å².